The summed E-state index contributed by atoms with van der Waals surface area (Å²) in [5, 5.41) is 7.48. The molecule has 3 aromatic rings. The summed E-state index contributed by atoms with van der Waals surface area (Å²) < 4.78 is 0. The van der Waals surface area contributed by atoms with E-state index in [0.717, 1.165) is 47.8 Å². The average Bonchev–Trinajstić information content (AvgIpc) is 3.33. The van der Waals surface area contributed by atoms with Gasteiger partial charge in [0.15, 0.2) is 0 Å². The number of halogens is 2. The lowest BCUT2D eigenvalue weighted by molar-refractivity contribution is 0.0929. The lowest BCUT2D eigenvalue weighted by atomic mass is 9.90. The monoisotopic (exact) mass is 533 g/mol. The van der Waals surface area contributed by atoms with Gasteiger partial charge in [0.05, 0.1) is 17.3 Å². The maximum Gasteiger partial charge on any atom is 0.289 e. The van der Waals surface area contributed by atoms with E-state index in [1.807, 2.05) is 37.4 Å². The zero-order valence-electron chi connectivity index (χ0n) is 21.3. The summed E-state index contributed by atoms with van der Waals surface area (Å²) in [4.78, 5) is 30.1. The highest BCUT2D eigenvalue weighted by Gasteiger charge is 2.27. The van der Waals surface area contributed by atoms with Crippen molar-refractivity contribution in [1.82, 2.24) is 20.3 Å². The molecule has 8 nitrogen and oxygen atoms in total. The van der Waals surface area contributed by atoms with Crippen molar-refractivity contribution in [3.8, 4) is 0 Å². The predicted octanol–water partition coefficient (Wildman–Crippen LogP) is 5.01. The quantitative estimate of drug-likeness (QED) is 0.262. The molecule has 1 amide bonds. The standard InChI is InChI=1S/C26H35N7O.2ClH/c1-16-11-12-18-17(14-16)23(33-24(31-18)25(34)29-15-26(2,3)4)32-20-9-6-5-8-19(20)30-22(27)21-10-7-13-28-21;;/h7,10-14,19-20,28H,5-6,8-9,15H2,1-4H3,(H2,27,30)(H,29,34)(H,31,32,33);2*1H/t19-,20+;;/m1../s1. The van der Waals surface area contributed by atoms with Crippen molar-refractivity contribution < 1.29 is 4.79 Å². The van der Waals surface area contributed by atoms with Crippen molar-refractivity contribution >= 4 is 53.3 Å². The molecule has 1 aliphatic carbocycles. The second kappa shape index (κ2) is 12.4. The second-order valence-electron chi connectivity index (χ2n) is 10.4. The molecule has 0 bridgehead atoms. The topological polar surface area (TPSA) is 121 Å². The SMILES string of the molecule is Cc1ccc2nc(C(=O)NCC(C)(C)C)nc(N[C@H]3CCCC[C@H]3N=C(N)c3ccc[nH]3)c2c1.Cl.Cl. The number of hydrogen-bond acceptors (Lipinski definition) is 5. The van der Waals surface area contributed by atoms with Gasteiger partial charge in [-0.25, -0.2) is 9.97 Å². The van der Waals surface area contributed by atoms with E-state index < -0.39 is 0 Å². The van der Waals surface area contributed by atoms with Crippen molar-refractivity contribution in [2.75, 3.05) is 11.9 Å². The van der Waals surface area contributed by atoms with E-state index in [1.54, 1.807) is 0 Å². The fourth-order valence-corrected chi connectivity index (χ4v) is 4.23. The maximum atomic E-state index is 12.9. The van der Waals surface area contributed by atoms with Crippen LogP contribution < -0.4 is 16.4 Å². The van der Waals surface area contributed by atoms with Gasteiger partial charge in [-0.3, -0.25) is 9.79 Å². The third kappa shape index (κ3) is 7.34. The third-order valence-electron chi connectivity index (χ3n) is 6.06. The molecule has 1 aromatic carbocycles. The van der Waals surface area contributed by atoms with E-state index in [1.165, 1.54) is 0 Å². The van der Waals surface area contributed by atoms with E-state index in [4.69, 9.17) is 10.7 Å². The van der Waals surface area contributed by atoms with Gasteiger partial charge in [0, 0.05) is 24.2 Å². The fourth-order valence-electron chi connectivity index (χ4n) is 4.23. The number of aliphatic imine (C=N–C) groups is 1. The number of fused-ring (bicyclic) bond motifs is 1. The number of rotatable bonds is 6. The number of nitrogens with two attached hydrogens (primary N) is 1. The van der Waals surface area contributed by atoms with Crippen LogP contribution in [0.4, 0.5) is 5.82 Å². The van der Waals surface area contributed by atoms with Gasteiger partial charge in [-0.15, -0.1) is 24.8 Å². The summed E-state index contributed by atoms with van der Waals surface area (Å²) in [6, 6.07) is 9.92. The van der Waals surface area contributed by atoms with Gasteiger partial charge < -0.3 is 21.4 Å². The van der Waals surface area contributed by atoms with Crippen LogP contribution in [0.3, 0.4) is 0 Å². The number of aromatic nitrogens is 3. The maximum absolute atomic E-state index is 12.9. The lowest BCUT2D eigenvalue weighted by Gasteiger charge is -2.30. The first-order chi connectivity index (χ1) is 16.2. The molecule has 0 spiro atoms. The number of nitrogens with zero attached hydrogens (tertiary/aromatic N) is 3. The summed E-state index contributed by atoms with van der Waals surface area (Å²) in [6.07, 6.45) is 5.95. The summed E-state index contributed by atoms with van der Waals surface area (Å²) in [5.74, 6) is 1.08. The molecule has 0 aliphatic heterocycles. The Morgan fingerprint density at radius 3 is 2.61 bits per heavy atom. The zero-order valence-corrected chi connectivity index (χ0v) is 22.9. The number of aryl methyl sites for hydroxylation is 1. The Balaban J connectivity index is 0.00000228. The normalized spacial score (nSPS) is 18.2. The molecule has 2 atom stereocenters. The van der Waals surface area contributed by atoms with Gasteiger partial charge in [0.25, 0.3) is 5.91 Å². The van der Waals surface area contributed by atoms with Crippen LogP contribution in [0.15, 0.2) is 41.5 Å². The molecule has 10 heteroatoms. The van der Waals surface area contributed by atoms with Gasteiger partial charge in [-0.05, 0) is 49.4 Å². The minimum atomic E-state index is -0.269. The van der Waals surface area contributed by atoms with E-state index in [2.05, 4.69) is 52.4 Å². The van der Waals surface area contributed by atoms with E-state index in [-0.39, 0.29) is 54.0 Å². The van der Waals surface area contributed by atoms with Crippen LogP contribution in [0.1, 0.15) is 68.3 Å². The van der Waals surface area contributed by atoms with Crippen molar-refractivity contribution in [2.45, 2.75) is 65.5 Å². The number of H-pyrrole nitrogens is 1. The Morgan fingerprint density at radius 1 is 1.17 bits per heavy atom. The molecular weight excluding hydrogens is 497 g/mol. The number of nitrogens with one attached hydrogen (secondary N) is 3. The first-order valence-electron chi connectivity index (χ1n) is 12.0. The smallest absolute Gasteiger partial charge is 0.289 e. The minimum absolute atomic E-state index is 0. The van der Waals surface area contributed by atoms with Crippen molar-refractivity contribution in [1.29, 1.82) is 0 Å². The first-order valence-corrected chi connectivity index (χ1v) is 12.0. The Labute approximate surface area is 225 Å². The van der Waals surface area contributed by atoms with Crippen LogP contribution in [-0.4, -0.2) is 45.3 Å². The lowest BCUT2D eigenvalue weighted by Crippen LogP contribution is -2.38. The van der Waals surface area contributed by atoms with Crippen LogP contribution in [-0.2, 0) is 0 Å². The number of carbonyl (C=O) groups excluding carboxylic acids is 1. The van der Waals surface area contributed by atoms with Crippen LogP contribution in [0, 0.1) is 12.3 Å². The number of hydrogen-bond donors (Lipinski definition) is 4. The molecule has 2 aromatic heterocycles. The molecule has 1 saturated carbocycles. The highest BCUT2D eigenvalue weighted by Crippen LogP contribution is 2.28. The molecule has 1 fully saturated rings. The van der Waals surface area contributed by atoms with Crippen LogP contribution in [0.2, 0.25) is 0 Å². The largest absolute Gasteiger partial charge is 0.382 e. The highest BCUT2D eigenvalue weighted by atomic mass is 35.5. The van der Waals surface area contributed by atoms with Crippen molar-refractivity contribution in [3.63, 3.8) is 0 Å². The molecule has 196 valence electrons. The number of carbonyl (C=O) groups is 1. The Bertz CT molecular complexity index is 1190. The van der Waals surface area contributed by atoms with Gasteiger partial charge >= 0.3 is 0 Å². The first kappa shape index (κ1) is 29.4. The molecule has 4 rings (SSSR count). The Kier molecular flexibility index (Phi) is 10.1. The predicted molar refractivity (Wildman–Crippen MR) is 152 cm³/mol. The summed E-state index contributed by atoms with van der Waals surface area (Å²) >= 11 is 0. The molecule has 0 radical (unpaired) electrons. The Morgan fingerprint density at radius 2 is 1.92 bits per heavy atom. The zero-order chi connectivity index (χ0) is 24.3. The van der Waals surface area contributed by atoms with E-state index in [0.29, 0.717) is 18.2 Å². The van der Waals surface area contributed by atoms with Crippen LogP contribution >= 0.6 is 24.8 Å². The summed E-state index contributed by atoms with van der Waals surface area (Å²) in [7, 11) is 0. The fraction of sp³-hybridized carbons (Fsp3) is 0.462. The molecule has 0 unspecified atom stereocenters. The highest BCUT2D eigenvalue weighted by molar-refractivity contribution is 5.97. The van der Waals surface area contributed by atoms with E-state index in [9.17, 15) is 4.79 Å². The molecule has 5 N–H and O–H groups in total. The summed E-state index contributed by atoms with van der Waals surface area (Å²) in [5.41, 5.74) is 8.93. The van der Waals surface area contributed by atoms with Crippen molar-refractivity contribution in [3.05, 3.63) is 53.6 Å². The number of aromatic amines is 1. The van der Waals surface area contributed by atoms with Gasteiger partial charge in [0.2, 0.25) is 5.82 Å². The second-order valence-corrected chi connectivity index (χ2v) is 10.4. The van der Waals surface area contributed by atoms with Gasteiger partial charge in [-0.1, -0.05) is 45.2 Å². The van der Waals surface area contributed by atoms with Crippen LogP contribution in [0.25, 0.3) is 10.9 Å². The van der Waals surface area contributed by atoms with Gasteiger partial charge in [-0.2, -0.15) is 0 Å². The molecule has 36 heavy (non-hydrogen) atoms. The van der Waals surface area contributed by atoms with Crippen molar-refractivity contribution in [2.24, 2.45) is 16.1 Å². The molecule has 0 saturated heterocycles. The number of anilines is 1. The van der Waals surface area contributed by atoms with Gasteiger partial charge in [0.1, 0.15) is 11.7 Å². The Hall–Kier alpha value is -2.84. The molecular formula is C26H37Cl2N7O. The number of amides is 1. The number of benzene rings is 1. The minimum Gasteiger partial charge on any atom is -0.382 e. The molecule has 1 aliphatic rings. The third-order valence-corrected chi connectivity index (χ3v) is 6.06. The summed E-state index contributed by atoms with van der Waals surface area (Å²) in [6.45, 7) is 8.81. The average molecular weight is 535 g/mol. The molecule has 2 heterocycles. The number of amidine groups is 1. The van der Waals surface area contributed by atoms with E-state index >= 15 is 0 Å². The van der Waals surface area contributed by atoms with Crippen LogP contribution in [0.5, 0.6) is 0 Å².